The molecule has 1 rings (SSSR count). The van der Waals surface area contributed by atoms with Crippen LogP contribution in [0.4, 0.5) is 0 Å². The second-order valence-corrected chi connectivity index (χ2v) is 2.90. The lowest BCUT2D eigenvalue weighted by Crippen LogP contribution is -2.35. The van der Waals surface area contributed by atoms with Gasteiger partial charge in [0.1, 0.15) is 5.71 Å². The van der Waals surface area contributed by atoms with Crippen molar-refractivity contribution in [1.82, 2.24) is 10.7 Å². The molecule has 0 spiro atoms. The van der Waals surface area contributed by atoms with Gasteiger partial charge in [-0.05, 0) is 13.8 Å². The molecule has 0 aromatic rings. The van der Waals surface area contributed by atoms with Crippen LogP contribution in [0.1, 0.15) is 20.3 Å². The molecule has 12 heavy (non-hydrogen) atoms. The third kappa shape index (κ3) is 2.05. The van der Waals surface area contributed by atoms with Crippen molar-refractivity contribution in [3.63, 3.8) is 0 Å². The first-order chi connectivity index (χ1) is 5.59. The fraction of sp³-hybridized carbons (Fsp3) is 0.571. The molecule has 5 nitrogen and oxygen atoms in total. The van der Waals surface area contributed by atoms with Crippen molar-refractivity contribution in [3.05, 3.63) is 0 Å². The van der Waals surface area contributed by atoms with E-state index in [4.69, 9.17) is 0 Å². The molecule has 0 aromatic heterocycles. The Morgan fingerprint density at radius 1 is 1.67 bits per heavy atom. The molecular formula is C7H11N3O2. The minimum Gasteiger partial charge on any atom is -0.349 e. The van der Waals surface area contributed by atoms with Crippen LogP contribution in [-0.2, 0) is 9.59 Å². The van der Waals surface area contributed by atoms with Crippen molar-refractivity contribution >= 4 is 17.5 Å². The fourth-order valence-electron chi connectivity index (χ4n) is 0.838. The lowest BCUT2D eigenvalue weighted by atomic mass is 10.2. The smallest absolute Gasteiger partial charge is 0.268 e. The van der Waals surface area contributed by atoms with Crippen molar-refractivity contribution in [1.29, 1.82) is 0 Å². The van der Waals surface area contributed by atoms with Crippen LogP contribution in [0.3, 0.4) is 0 Å². The maximum Gasteiger partial charge on any atom is 0.268 e. The molecule has 2 amide bonds. The summed E-state index contributed by atoms with van der Waals surface area (Å²) in [5, 5.41) is 6.22. The van der Waals surface area contributed by atoms with E-state index in [1.54, 1.807) is 0 Å². The highest BCUT2D eigenvalue weighted by Gasteiger charge is 2.21. The number of hydrogen-bond acceptors (Lipinski definition) is 3. The molecule has 2 N–H and O–H groups in total. The molecule has 66 valence electrons. The van der Waals surface area contributed by atoms with Crippen LogP contribution >= 0.6 is 0 Å². The van der Waals surface area contributed by atoms with Crippen LogP contribution in [0.5, 0.6) is 0 Å². The van der Waals surface area contributed by atoms with Crippen molar-refractivity contribution in [2.24, 2.45) is 5.10 Å². The molecule has 0 saturated carbocycles. The standard InChI is InChI=1S/C7H11N3O2/c1-4(2)8-7(12)5-3-6(11)10-9-5/h4H,3H2,1-2H3,(H,8,12)(H,10,11). The second kappa shape index (κ2) is 3.34. The lowest BCUT2D eigenvalue weighted by Gasteiger charge is -2.05. The van der Waals surface area contributed by atoms with Gasteiger partial charge in [-0.1, -0.05) is 0 Å². The van der Waals surface area contributed by atoms with Gasteiger partial charge in [0.2, 0.25) is 5.91 Å². The summed E-state index contributed by atoms with van der Waals surface area (Å²) in [6, 6.07) is 0.0657. The highest BCUT2D eigenvalue weighted by molar-refractivity contribution is 6.43. The van der Waals surface area contributed by atoms with E-state index in [0.29, 0.717) is 0 Å². The molecule has 0 saturated heterocycles. The highest BCUT2D eigenvalue weighted by atomic mass is 16.2. The van der Waals surface area contributed by atoms with E-state index in [9.17, 15) is 9.59 Å². The molecule has 0 unspecified atom stereocenters. The first kappa shape index (κ1) is 8.70. The topological polar surface area (TPSA) is 70.6 Å². The Morgan fingerprint density at radius 3 is 2.75 bits per heavy atom. The Balaban J connectivity index is 2.49. The van der Waals surface area contributed by atoms with Crippen LogP contribution in [0.2, 0.25) is 0 Å². The Kier molecular flexibility index (Phi) is 2.42. The van der Waals surface area contributed by atoms with E-state index < -0.39 is 0 Å². The normalized spacial score (nSPS) is 15.9. The summed E-state index contributed by atoms with van der Waals surface area (Å²) in [7, 11) is 0. The number of amides is 2. The van der Waals surface area contributed by atoms with Crippen molar-refractivity contribution in [3.8, 4) is 0 Å². The number of hydrazone groups is 1. The first-order valence-corrected chi connectivity index (χ1v) is 3.76. The maximum absolute atomic E-state index is 11.2. The zero-order chi connectivity index (χ0) is 9.14. The molecule has 0 aromatic carbocycles. The van der Waals surface area contributed by atoms with Gasteiger partial charge in [-0.25, -0.2) is 5.43 Å². The molecule has 1 aliphatic heterocycles. The predicted molar refractivity (Wildman–Crippen MR) is 43.5 cm³/mol. The van der Waals surface area contributed by atoms with Gasteiger partial charge >= 0.3 is 0 Å². The Morgan fingerprint density at radius 2 is 2.33 bits per heavy atom. The molecule has 1 heterocycles. The minimum absolute atomic E-state index is 0.0657. The quantitative estimate of drug-likeness (QED) is 0.578. The summed E-state index contributed by atoms with van der Waals surface area (Å²) < 4.78 is 0. The SMILES string of the molecule is CC(C)NC(=O)C1=NNC(=O)C1. The number of nitrogens with zero attached hydrogens (tertiary/aromatic N) is 1. The molecule has 0 aliphatic carbocycles. The number of nitrogens with one attached hydrogen (secondary N) is 2. The molecule has 0 radical (unpaired) electrons. The molecule has 0 bridgehead atoms. The third-order valence-corrected chi connectivity index (χ3v) is 1.33. The van der Waals surface area contributed by atoms with Gasteiger partial charge in [-0.2, -0.15) is 5.10 Å². The van der Waals surface area contributed by atoms with Crippen LogP contribution in [0.15, 0.2) is 5.10 Å². The molecule has 0 fully saturated rings. The van der Waals surface area contributed by atoms with Gasteiger partial charge in [0.15, 0.2) is 0 Å². The lowest BCUT2D eigenvalue weighted by molar-refractivity contribution is -0.120. The van der Waals surface area contributed by atoms with Crippen molar-refractivity contribution in [2.45, 2.75) is 26.3 Å². The Hall–Kier alpha value is -1.39. The largest absolute Gasteiger partial charge is 0.349 e. The van der Waals surface area contributed by atoms with E-state index in [1.165, 1.54) is 0 Å². The average molecular weight is 169 g/mol. The van der Waals surface area contributed by atoms with E-state index in [-0.39, 0.29) is 30.0 Å². The van der Waals surface area contributed by atoms with Gasteiger partial charge in [0.05, 0.1) is 6.42 Å². The van der Waals surface area contributed by atoms with Gasteiger partial charge < -0.3 is 5.32 Å². The zero-order valence-electron chi connectivity index (χ0n) is 7.05. The van der Waals surface area contributed by atoms with Gasteiger partial charge in [-0.15, -0.1) is 0 Å². The summed E-state index contributed by atoms with van der Waals surface area (Å²) in [5.41, 5.74) is 2.47. The van der Waals surface area contributed by atoms with E-state index in [0.717, 1.165) is 0 Å². The summed E-state index contributed by atoms with van der Waals surface area (Å²) >= 11 is 0. The molecular weight excluding hydrogens is 158 g/mol. The minimum atomic E-state index is -0.275. The highest BCUT2D eigenvalue weighted by Crippen LogP contribution is 1.95. The van der Waals surface area contributed by atoms with E-state index in [1.807, 2.05) is 13.8 Å². The predicted octanol–water partition coefficient (Wildman–Crippen LogP) is -0.613. The summed E-state index contributed by atoms with van der Waals surface area (Å²) in [6.45, 7) is 3.70. The summed E-state index contributed by atoms with van der Waals surface area (Å²) in [4.78, 5) is 21.8. The first-order valence-electron chi connectivity index (χ1n) is 3.76. The molecule has 0 atom stereocenters. The van der Waals surface area contributed by atoms with Crippen LogP contribution in [-0.4, -0.2) is 23.6 Å². The number of carbonyl (C=O) groups excluding carboxylic acids is 2. The van der Waals surface area contributed by atoms with E-state index in [2.05, 4.69) is 15.8 Å². The second-order valence-electron chi connectivity index (χ2n) is 2.90. The molecule has 5 heteroatoms. The maximum atomic E-state index is 11.2. The number of rotatable bonds is 2. The van der Waals surface area contributed by atoms with Gasteiger partial charge in [0.25, 0.3) is 5.91 Å². The fourth-order valence-corrected chi connectivity index (χ4v) is 0.838. The Bertz CT molecular complexity index is 245. The van der Waals surface area contributed by atoms with Crippen LogP contribution < -0.4 is 10.7 Å². The zero-order valence-corrected chi connectivity index (χ0v) is 7.05. The van der Waals surface area contributed by atoms with Crippen molar-refractivity contribution < 1.29 is 9.59 Å². The average Bonchev–Trinajstić information content (AvgIpc) is 2.34. The van der Waals surface area contributed by atoms with Crippen LogP contribution in [0.25, 0.3) is 0 Å². The van der Waals surface area contributed by atoms with Gasteiger partial charge in [-0.3, -0.25) is 9.59 Å². The summed E-state index contributed by atoms with van der Waals surface area (Å²) in [6.07, 6.45) is 0.0819. The number of hydrogen-bond donors (Lipinski definition) is 2. The van der Waals surface area contributed by atoms with Crippen LogP contribution in [0, 0.1) is 0 Å². The van der Waals surface area contributed by atoms with E-state index >= 15 is 0 Å². The monoisotopic (exact) mass is 169 g/mol. The molecule has 1 aliphatic rings. The number of carbonyl (C=O) groups is 2. The summed E-state index contributed by atoms with van der Waals surface area (Å²) in [5.74, 6) is -0.507. The Labute approximate surface area is 70.2 Å². The van der Waals surface area contributed by atoms with Gasteiger partial charge in [0, 0.05) is 6.04 Å². The third-order valence-electron chi connectivity index (χ3n) is 1.33. The van der Waals surface area contributed by atoms with Crippen molar-refractivity contribution in [2.75, 3.05) is 0 Å².